The average molecular weight is 454 g/mol. The van der Waals surface area contributed by atoms with Crippen molar-refractivity contribution < 1.29 is 23.5 Å². The van der Waals surface area contributed by atoms with E-state index in [2.05, 4.69) is 10.9 Å². The quantitative estimate of drug-likeness (QED) is 0.472. The smallest absolute Gasteiger partial charge is 0.243 e. The van der Waals surface area contributed by atoms with Crippen LogP contribution in [0.25, 0.3) is 0 Å². The fourth-order valence-corrected chi connectivity index (χ4v) is 3.46. The van der Waals surface area contributed by atoms with Crippen LogP contribution in [0.1, 0.15) is 25.0 Å². The van der Waals surface area contributed by atoms with Crippen molar-refractivity contribution in [2.75, 3.05) is 13.2 Å². The van der Waals surface area contributed by atoms with E-state index in [1.165, 1.54) is 6.26 Å². The highest BCUT2D eigenvalue weighted by molar-refractivity contribution is 6.35. The van der Waals surface area contributed by atoms with Gasteiger partial charge in [-0.25, -0.2) is 0 Å². The molecule has 2 N–H and O–H groups in total. The number of carbonyl (C=O) groups is 3. The number of hydrogen-bond donors (Lipinski definition) is 2. The molecule has 1 aliphatic rings. The van der Waals surface area contributed by atoms with E-state index in [0.717, 1.165) is 0 Å². The largest absolute Gasteiger partial charge is 0.492 e. The van der Waals surface area contributed by atoms with Crippen LogP contribution < -0.4 is 15.6 Å². The lowest BCUT2D eigenvalue weighted by atomic mass is 10.1. The van der Waals surface area contributed by atoms with Gasteiger partial charge in [-0.15, -0.1) is 0 Å². The summed E-state index contributed by atoms with van der Waals surface area (Å²) in [5.41, 5.74) is 4.75. The predicted molar refractivity (Wildman–Crippen MR) is 110 cm³/mol. The first-order valence-electron chi connectivity index (χ1n) is 9.39. The molecule has 1 unspecified atom stereocenters. The van der Waals surface area contributed by atoms with E-state index < -0.39 is 11.8 Å². The Balaban J connectivity index is 1.33. The Kier molecular flexibility index (Phi) is 7.59. The number of carbonyl (C=O) groups excluding carboxylic acids is 3. The Bertz CT molecular complexity index is 904. The molecule has 1 aliphatic heterocycles. The molecule has 0 spiro atoms. The third kappa shape index (κ3) is 6.14. The summed E-state index contributed by atoms with van der Waals surface area (Å²) >= 11 is 11.8. The normalized spacial score (nSPS) is 15.9. The standard InChI is InChI=1S/C20H21Cl2N3O5/c21-14-5-6-17(16(22)10-14)30-8-2-4-18(26)23-24-20(28)13-9-19(27)25(11-13)12-15-3-1-7-29-15/h1,3,5-7,10,13H,2,4,8-9,11-12H2,(H,23,26)(H,24,28). The van der Waals surface area contributed by atoms with Gasteiger partial charge in [0, 0.05) is 24.4 Å². The van der Waals surface area contributed by atoms with Crippen molar-refractivity contribution in [3.05, 3.63) is 52.4 Å². The minimum atomic E-state index is -0.525. The average Bonchev–Trinajstić information content (AvgIpc) is 3.35. The van der Waals surface area contributed by atoms with Crippen molar-refractivity contribution in [2.45, 2.75) is 25.8 Å². The number of halogens is 2. The minimum Gasteiger partial charge on any atom is -0.492 e. The number of hydrogen-bond acceptors (Lipinski definition) is 5. The molecule has 2 aromatic rings. The number of hydrazine groups is 1. The van der Waals surface area contributed by atoms with E-state index in [1.54, 1.807) is 35.2 Å². The Morgan fingerprint density at radius 3 is 2.80 bits per heavy atom. The van der Waals surface area contributed by atoms with Gasteiger partial charge in [0.05, 0.1) is 30.4 Å². The third-order valence-electron chi connectivity index (χ3n) is 4.54. The highest BCUT2D eigenvalue weighted by Gasteiger charge is 2.34. The van der Waals surface area contributed by atoms with Gasteiger partial charge < -0.3 is 14.1 Å². The maximum absolute atomic E-state index is 12.2. The molecule has 3 amide bonds. The molecule has 1 aromatic carbocycles. The molecule has 1 atom stereocenters. The number of ether oxygens (including phenoxy) is 1. The van der Waals surface area contributed by atoms with Crippen molar-refractivity contribution in [3.63, 3.8) is 0 Å². The zero-order valence-corrected chi connectivity index (χ0v) is 17.5. The molecular formula is C20H21Cl2N3O5. The second kappa shape index (κ2) is 10.4. The lowest BCUT2D eigenvalue weighted by molar-refractivity contribution is -0.131. The van der Waals surface area contributed by atoms with Crippen LogP contribution in [0.3, 0.4) is 0 Å². The Labute approximate surface area is 183 Å². The SMILES string of the molecule is O=C(CCCOc1ccc(Cl)cc1Cl)NNC(=O)C1CC(=O)N(Cc2ccco2)C1. The number of amides is 3. The molecule has 0 bridgehead atoms. The first-order chi connectivity index (χ1) is 14.4. The van der Waals surface area contributed by atoms with E-state index in [0.29, 0.717) is 34.5 Å². The van der Waals surface area contributed by atoms with Crippen LogP contribution in [0.5, 0.6) is 5.75 Å². The van der Waals surface area contributed by atoms with Gasteiger partial charge in [-0.2, -0.15) is 0 Å². The summed E-state index contributed by atoms with van der Waals surface area (Å²) in [6.07, 6.45) is 2.21. The molecule has 1 fully saturated rings. The first-order valence-corrected chi connectivity index (χ1v) is 10.1. The molecular weight excluding hydrogens is 433 g/mol. The number of furan rings is 1. The highest BCUT2D eigenvalue weighted by atomic mass is 35.5. The van der Waals surface area contributed by atoms with Crippen LogP contribution in [0.15, 0.2) is 41.0 Å². The van der Waals surface area contributed by atoms with Crippen molar-refractivity contribution >= 4 is 40.9 Å². The van der Waals surface area contributed by atoms with Crippen LogP contribution in [-0.4, -0.2) is 35.8 Å². The fraction of sp³-hybridized carbons (Fsp3) is 0.350. The van der Waals surface area contributed by atoms with Gasteiger partial charge in [-0.1, -0.05) is 23.2 Å². The maximum Gasteiger partial charge on any atom is 0.243 e. The second-order valence-corrected chi connectivity index (χ2v) is 7.66. The zero-order chi connectivity index (χ0) is 21.5. The van der Waals surface area contributed by atoms with E-state index in [9.17, 15) is 14.4 Å². The molecule has 1 saturated heterocycles. The molecule has 1 aromatic heterocycles. The molecule has 0 saturated carbocycles. The van der Waals surface area contributed by atoms with Crippen LogP contribution in [0.4, 0.5) is 0 Å². The first kappa shape index (κ1) is 22.0. The number of likely N-dealkylation sites (tertiary alicyclic amines) is 1. The van der Waals surface area contributed by atoms with Crippen LogP contribution in [0.2, 0.25) is 10.0 Å². The minimum absolute atomic E-state index is 0.0953. The third-order valence-corrected chi connectivity index (χ3v) is 5.07. The van der Waals surface area contributed by atoms with E-state index in [-0.39, 0.29) is 37.8 Å². The summed E-state index contributed by atoms with van der Waals surface area (Å²) in [5, 5.41) is 0.905. The van der Waals surface area contributed by atoms with Gasteiger partial charge >= 0.3 is 0 Å². The molecule has 8 nitrogen and oxygen atoms in total. The summed E-state index contributed by atoms with van der Waals surface area (Å²) in [7, 11) is 0. The lowest BCUT2D eigenvalue weighted by Crippen LogP contribution is -2.45. The van der Waals surface area contributed by atoms with Gasteiger partial charge in [-0.3, -0.25) is 25.2 Å². The molecule has 2 heterocycles. The second-order valence-electron chi connectivity index (χ2n) is 6.82. The van der Waals surface area contributed by atoms with Crippen LogP contribution in [0, 0.1) is 5.92 Å². The molecule has 160 valence electrons. The van der Waals surface area contributed by atoms with E-state index in [4.69, 9.17) is 32.4 Å². The zero-order valence-electron chi connectivity index (χ0n) is 16.0. The number of nitrogens with one attached hydrogen (secondary N) is 2. The summed E-state index contributed by atoms with van der Waals surface area (Å²) in [4.78, 5) is 37.8. The summed E-state index contributed by atoms with van der Waals surface area (Å²) in [6.45, 7) is 0.873. The molecule has 0 radical (unpaired) electrons. The Hall–Kier alpha value is -2.71. The Morgan fingerprint density at radius 1 is 1.23 bits per heavy atom. The lowest BCUT2D eigenvalue weighted by Gasteiger charge is -2.15. The Morgan fingerprint density at radius 2 is 2.07 bits per heavy atom. The van der Waals surface area contributed by atoms with Crippen LogP contribution >= 0.6 is 23.2 Å². The van der Waals surface area contributed by atoms with Crippen molar-refractivity contribution in [3.8, 4) is 5.75 Å². The highest BCUT2D eigenvalue weighted by Crippen LogP contribution is 2.27. The number of rotatable bonds is 8. The molecule has 10 heteroatoms. The van der Waals surface area contributed by atoms with Gasteiger partial charge in [-0.05, 0) is 36.8 Å². The van der Waals surface area contributed by atoms with E-state index in [1.807, 2.05) is 0 Å². The number of nitrogens with zero attached hydrogens (tertiary/aromatic N) is 1. The fourth-order valence-electron chi connectivity index (χ4n) is 2.99. The van der Waals surface area contributed by atoms with Gasteiger partial charge in [0.1, 0.15) is 11.5 Å². The summed E-state index contributed by atoms with van der Waals surface area (Å²) in [6, 6.07) is 8.40. The monoisotopic (exact) mass is 453 g/mol. The summed E-state index contributed by atoms with van der Waals surface area (Å²) in [5.74, 6) is -0.271. The van der Waals surface area contributed by atoms with Crippen molar-refractivity contribution in [1.29, 1.82) is 0 Å². The van der Waals surface area contributed by atoms with Gasteiger partial charge in [0.2, 0.25) is 17.7 Å². The van der Waals surface area contributed by atoms with Gasteiger partial charge in [0.25, 0.3) is 0 Å². The number of benzene rings is 1. The maximum atomic E-state index is 12.2. The summed E-state index contributed by atoms with van der Waals surface area (Å²) < 4.78 is 10.7. The van der Waals surface area contributed by atoms with Crippen molar-refractivity contribution in [1.82, 2.24) is 15.8 Å². The van der Waals surface area contributed by atoms with E-state index >= 15 is 0 Å². The molecule has 3 rings (SSSR count). The molecule has 0 aliphatic carbocycles. The molecule has 30 heavy (non-hydrogen) atoms. The van der Waals surface area contributed by atoms with Crippen LogP contribution in [-0.2, 0) is 20.9 Å². The van der Waals surface area contributed by atoms with Crippen molar-refractivity contribution in [2.24, 2.45) is 5.92 Å². The topological polar surface area (TPSA) is 101 Å². The van der Waals surface area contributed by atoms with Gasteiger partial charge in [0.15, 0.2) is 0 Å². The predicted octanol–water partition coefficient (Wildman–Crippen LogP) is 2.94.